The molecule has 2 fully saturated rings. The van der Waals surface area contributed by atoms with Crippen LogP contribution in [0.5, 0.6) is 5.75 Å². The molecule has 182 valence electrons. The highest BCUT2D eigenvalue weighted by atomic mass is 16.5. The van der Waals surface area contributed by atoms with Crippen LogP contribution in [0.3, 0.4) is 0 Å². The van der Waals surface area contributed by atoms with Crippen LogP contribution in [0.2, 0.25) is 0 Å². The van der Waals surface area contributed by atoms with Crippen molar-refractivity contribution in [3.05, 3.63) is 23.8 Å². The van der Waals surface area contributed by atoms with Gasteiger partial charge in [0.1, 0.15) is 18.0 Å². The second-order valence-electron chi connectivity index (χ2n) is 9.14. The fourth-order valence-corrected chi connectivity index (χ4v) is 4.74. The average molecular weight is 453 g/mol. The van der Waals surface area contributed by atoms with E-state index in [1.165, 1.54) is 5.56 Å². The number of rotatable bonds is 12. The van der Waals surface area contributed by atoms with Crippen LogP contribution in [0.15, 0.2) is 18.2 Å². The van der Waals surface area contributed by atoms with Gasteiger partial charge in [0.2, 0.25) is 0 Å². The first kappa shape index (κ1) is 25.2. The summed E-state index contributed by atoms with van der Waals surface area (Å²) < 4.78 is 11.0. The second-order valence-corrected chi connectivity index (χ2v) is 9.14. The monoisotopic (exact) mass is 452 g/mol. The molecule has 0 amide bonds. The van der Waals surface area contributed by atoms with E-state index in [1.807, 2.05) is 11.0 Å². The molecule has 0 radical (unpaired) electrons. The zero-order valence-corrected chi connectivity index (χ0v) is 19.2. The summed E-state index contributed by atoms with van der Waals surface area (Å²) >= 11 is 0. The molecular formula is C24H40N2O6. The molecule has 0 aromatic heterocycles. The Hall–Kier alpha value is -1.42. The third kappa shape index (κ3) is 7.04. The van der Waals surface area contributed by atoms with Gasteiger partial charge in [0.25, 0.3) is 0 Å². The van der Waals surface area contributed by atoms with E-state index in [-0.39, 0.29) is 13.2 Å². The van der Waals surface area contributed by atoms with Crippen molar-refractivity contribution in [2.45, 2.75) is 62.9 Å². The molecular weight excluding hydrogens is 412 g/mol. The van der Waals surface area contributed by atoms with Gasteiger partial charge in [0.05, 0.1) is 25.9 Å². The van der Waals surface area contributed by atoms with Gasteiger partial charge in [-0.05, 0) is 55.8 Å². The Morgan fingerprint density at radius 1 is 1.09 bits per heavy atom. The predicted molar refractivity (Wildman–Crippen MR) is 123 cm³/mol. The quantitative estimate of drug-likeness (QED) is 0.299. The standard InChI is InChI=1S/C24H40N2O6/c1-31-20-12-18(10-17-6-9-32-16-17)11-19(13-20)25-7-4-2-3-5-8-26-14-22(28)24(30)23(29)21(26)15-27/h11-13,17,21-25,27-30H,2-10,14-16H2,1H3/t17?,21-,22+,23-,24-/m1/s1. The fraction of sp³-hybridized carbons (Fsp3) is 0.750. The van der Waals surface area contributed by atoms with Gasteiger partial charge < -0.3 is 35.2 Å². The lowest BCUT2D eigenvalue weighted by molar-refractivity contribution is -0.145. The van der Waals surface area contributed by atoms with E-state index in [2.05, 4.69) is 17.4 Å². The summed E-state index contributed by atoms with van der Waals surface area (Å²) in [6.45, 7) is 3.31. The first-order valence-corrected chi connectivity index (χ1v) is 11.9. The van der Waals surface area contributed by atoms with Crippen LogP contribution in [0, 0.1) is 5.92 Å². The maximum absolute atomic E-state index is 10.1. The smallest absolute Gasteiger partial charge is 0.121 e. The van der Waals surface area contributed by atoms with Crippen LogP contribution in [-0.4, -0.2) is 96.2 Å². The number of ether oxygens (including phenoxy) is 2. The Kier molecular flexibility index (Phi) is 10.0. The second kappa shape index (κ2) is 12.7. The van der Waals surface area contributed by atoms with E-state index < -0.39 is 24.4 Å². The number of anilines is 1. The van der Waals surface area contributed by atoms with Crippen LogP contribution in [0.25, 0.3) is 0 Å². The molecule has 0 aliphatic carbocycles. The van der Waals surface area contributed by atoms with Gasteiger partial charge in [0, 0.05) is 38.1 Å². The van der Waals surface area contributed by atoms with E-state index in [0.717, 1.165) is 69.7 Å². The van der Waals surface area contributed by atoms with Crippen LogP contribution >= 0.6 is 0 Å². The number of piperidine rings is 1. The lowest BCUT2D eigenvalue weighted by Crippen LogP contribution is -2.62. The average Bonchev–Trinajstić information content (AvgIpc) is 3.29. The maximum Gasteiger partial charge on any atom is 0.121 e. The molecule has 0 bridgehead atoms. The van der Waals surface area contributed by atoms with E-state index in [9.17, 15) is 20.4 Å². The summed E-state index contributed by atoms with van der Waals surface area (Å²) in [4.78, 5) is 1.88. The first-order valence-electron chi connectivity index (χ1n) is 11.9. The Bertz CT molecular complexity index is 684. The van der Waals surface area contributed by atoms with Gasteiger partial charge in [-0.1, -0.05) is 12.8 Å². The number of β-amino-alcohol motifs (C(OH)–C–C–N with tert-alkyl or cyclic N) is 1. The Morgan fingerprint density at radius 3 is 2.62 bits per heavy atom. The number of aliphatic hydroxyl groups excluding tert-OH is 4. The number of nitrogens with one attached hydrogen (secondary N) is 1. The molecule has 2 aliphatic heterocycles. The summed E-state index contributed by atoms with van der Waals surface area (Å²) in [5.74, 6) is 1.46. The van der Waals surface area contributed by atoms with Crippen LogP contribution in [-0.2, 0) is 11.2 Å². The number of unbranched alkanes of at least 4 members (excludes halogenated alkanes) is 3. The number of benzene rings is 1. The Labute approximate surface area is 191 Å². The molecule has 0 saturated carbocycles. The molecule has 2 heterocycles. The van der Waals surface area contributed by atoms with Crippen LogP contribution < -0.4 is 10.1 Å². The summed E-state index contributed by atoms with van der Waals surface area (Å²) in [5, 5.41) is 42.8. The minimum Gasteiger partial charge on any atom is -0.497 e. The third-order valence-electron chi connectivity index (χ3n) is 6.67. The van der Waals surface area contributed by atoms with Gasteiger partial charge in [-0.15, -0.1) is 0 Å². The highest BCUT2D eigenvalue weighted by Crippen LogP contribution is 2.25. The normalized spacial score (nSPS) is 28.7. The largest absolute Gasteiger partial charge is 0.497 e. The summed E-state index contributed by atoms with van der Waals surface area (Å²) in [6.07, 6.45) is 2.87. The SMILES string of the molecule is COc1cc(CC2CCOC2)cc(NCCCCCCN2C[C@H](O)[C@@H](O)[C@H](O)[C@H]2CO)c1. The van der Waals surface area contributed by atoms with Crippen molar-refractivity contribution in [2.24, 2.45) is 5.92 Å². The van der Waals surface area contributed by atoms with E-state index in [4.69, 9.17) is 9.47 Å². The predicted octanol–water partition coefficient (Wildman–Crippen LogP) is 1.01. The zero-order valence-electron chi connectivity index (χ0n) is 19.2. The molecule has 5 atom stereocenters. The minimum absolute atomic E-state index is 0.231. The maximum atomic E-state index is 10.1. The summed E-state index contributed by atoms with van der Waals surface area (Å²) in [7, 11) is 1.70. The van der Waals surface area contributed by atoms with Gasteiger partial charge in [-0.3, -0.25) is 4.90 Å². The van der Waals surface area contributed by atoms with Crippen molar-refractivity contribution in [2.75, 3.05) is 51.9 Å². The summed E-state index contributed by atoms with van der Waals surface area (Å²) in [5.41, 5.74) is 2.36. The van der Waals surface area contributed by atoms with Crippen molar-refractivity contribution >= 4 is 5.69 Å². The number of hydrogen-bond acceptors (Lipinski definition) is 8. The Morgan fingerprint density at radius 2 is 1.91 bits per heavy atom. The molecule has 32 heavy (non-hydrogen) atoms. The molecule has 5 N–H and O–H groups in total. The van der Waals surface area contributed by atoms with Crippen molar-refractivity contribution < 1.29 is 29.9 Å². The minimum atomic E-state index is -1.20. The molecule has 8 nitrogen and oxygen atoms in total. The van der Waals surface area contributed by atoms with E-state index >= 15 is 0 Å². The van der Waals surface area contributed by atoms with Gasteiger partial charge >= 0.3 is 0 Å². The molecule has 2 aliphatic rings. The van der Waals surface area contributed by atoms with Crippen molar-refractivity contribution in [1.82, 2.24) is 4.90 Å². The topological polar surface area (TPSA) is 115 Å². The summed E-state index contributed by atoms with van der Waals surface area (Å²) in [6, 6.07) is 5.83. The number of likely N-dealkylation sites (tertiary alicyclic amines) is 1. The number of aliphatic hydroxyl groups is 4. The lowest BCUT2D eigenvalue weighted by atomic mass is 9.94. The van der Waals surface area contributed by atoms with E-state index in [0.29, 0.717) is 12.5 Å². The zero-order chi connectivity index (χ0) is 22.9. The van der Waals surface area contributed by atoms with Crippen molar-refractivity contribution in [3.63, 3.8) is 0 Å². The molecule has 0 spiro atoms. The highest BCUT2D eigenvalue weighted by Gasteiger charge is 2.40. The molecule has 1 aromatic rings. The Balaban J connectivity index is 1.35. The number of nitrogens with zero attached hydrogens (tertiary/aromatic N) is 1. The molecule has 1 aromatic carbocycles. The van der Waals surface area contributed by atoms with E-state index in [1.54, 1.807) is 7.11 Å². The van der Waals surface area contributed by atoms with Crippen molar-refractivity contribution in [3.8, 4) is 5.75 Å². The molecule has 2 saturated heterocycles. The number of methoxy groups -OCH3 is 1. The van der Waals surface area contributed by atoms with Crippen LogP contribution in [0.1, 0.15) is 37.7 Å². The molecule has 8 heteroatoms. The lowest BCUT2D eigenvalue weighted by Gasteiger charge is -2.43. The van der Waals surface area contributed by atoms with Crippen LogP contribution in [0.4, 0.5) is 5.69 Å². The molecule has 3 rings (SSSR count). The van der Waals surface area contributed by atoms with Gasteiger partial charge in [0.15, 0.2) is 0 Å². The fourth-order valence-electron chi connectivity index (χ4n) is 4.74. The van der Waals surface area contributed by atoms with Gasteiger partial charge in [-0.2, -0.15) is 0 Å². The highest BCUT2D eigenvalue weighted by molar-refractivity contribution is 5.51. The van der Waals surface area contributed by atoms with Crippen molar-refractivity contribution in [1.29, 1.82) is 0 Å². The first-order chi connectivity index (χ1) is 15.5. The van der Waals surface area contributed by atoms with Gasteiger partial charge in [-0.25, -0.2) is 0 Å². The number of hydrogen-bond donors (Lipinski definition) is 5. The third-order valence-corrected chi connectivity index (χ3v) is 6.67. The molecule has 1 unspecified atom stereocenters.